The Hall–Kier alpha value is -2.18. The van der Waals surface area contributed by atoms with Crippen molar-refractivity contribution >= 4 is 5.82 Å². The van der Waals surface area contributed by atoms with E-state index in [-0.39, 0.29) is 5.82 Å². The number of aromatic nitrogens is 4. The van der Waals surface area contributed by atoms with Crippen LogP contribution in [0.5, 0.6) is 0 Å². The molecular weight excluding hydrogens is 186 g/mol. The molecule has 2 heterocycles. The van der Waals surface area contributed by atoms with E-state index in [1.807, 2.05) is 0 Å². The minimum absolute atomic E-state index is 0.175. The molecular formula is C7H7N5O2. The van der Waals surface area contributed by atoms with Crippen LogP contribution in [0.2, 0.25) is 0 Å². The van der Waals surface area contributed by atoms with E-state index in [1.165, 1.54) is 12.5 Å². The number of nitrogens with zero attached hydrogens (tertiary/aromatic N) is 4. The van der Waals surface area contributed by atoms with Gasteiger partial charge < -0.3 is 15.1 Å². The molecule has 0 amide bonds. The molecule has 0 atom stereocenters. The minimum atomic E-state index is -0.532. The molecule has 0 aromatic carbocycles. The molecule has 7 nitrogen and oxygen atoms in total. The second kappa shape index (κ2) is 2.95. The van der Waals surface area contributed by atoms with Crippen molar-refractivity contribution in [1.82, 2.24) is 19.5 Å². The molecule has 0 unspecified atom stereocenters. The lowest BCUT2D eigenvalue weighted by Crippen LogP contribution is -1.94. The van der Waals surface area contributed by atoms with Gasteiger partial charge in [-0.05, 0) is 9.91 Å². The number of aryl methyl sites for hydroxylation is 1. The van der Waals surface area contributed by atoms with E-state index >= 15 is 0 Å². The number of H-pyrrole nitrogens is 1. The van der Waals surface area contributed by atoms with Crippen LogP contribution in [0.15, 0.2) is 18.7 Å². The summed E-state index contributed by atoms with van der Waals surface area (Å²) in [6, 6.07) is 0. The zero-order valence-corrected chi connectivity index (χ0v) is 7.34. The predicted molar refractivity (Wildman–Crippen MR) is 47.1 cm³/mol. The fraction of sp³-hybridized carbons (Fsp3) is 0.143. The Morgan fingerprint density at radius 1 is 1.64 bits per heavy atom. The van der Waals surface area contributed by atoms with E-state index in [1.54, 1.807) is 17.7 Å². The molecule has 0 spiro atoms. The highest BCUT2D eigenvalue weighted by Gasteiger charge is 2.16. The van der Waals surface area contributed by atoms with Gasteiger partial charge in [0.15, 0.2) is 5.82 Å². The first-order chi connectivity index (χ1) is 6.68. The van der Waals surface area contributed by atoms with Crippen molar-refractivity contribution in [1.29, 1.82) is 0 Å². The molecule has 0 aliphatic carbocycles. The third-order valence-electron chi connectivity index (χ3n) is 1.79. The maximum Gasteiger partial charge on any atom is 0.382 e. The van der Waals surface area contributed by atoms with Gasteiger partial charge in [-0.1, -0.05) is 0 Å². The molecule has 7 heteroatoms. The van der Waals surface area contributed by atoms with Crippen molar-refractivity contribution < 1.29 is 4.92 Å². The first kappa shape index (κ1) is 8.42. The fourth-order valence-corrected chi connectivity index (χ4v) is 1.16. The molecule has 0 aliphatic heterocycles. The van der Waals surface area contributed by atoms with Gasteiger partial charge in [-0.25, -0.2) is 4.98 Å². The van der Waals surface area contributed by atoms with Crippen molar-refractivity contribution in [3.05, 3.63) is 34.7 Å². The van der Waals surface area contributed by atoms with Crippen LogP contribution in [-0.4, -0.2) is 24.4 Å². The second-order valence-electron chi connectivity index (χ2n) is 2.70. The maximum atomic E-state index is 10.4. The van der Waals surface area contributed by atoms with Gasteiger partial charge in [0.05, 0.1) is 6.33 Å². The minimum Gasteiger partial charge on any atom is -0.358 e. The molecule has 2 aromatic rings. The molecule has 0 radical (unpaired) electrons. The van der Waals surface area contributed by atoms with Crippen molar-refractivity contribution in [2.75, 3.05) is 0 Å². The average Bonchev–Trinajstić information content (AvgIpc) is 2.71. The second-order valence-corrected chi connectivity index (χ2v) is 2.70. The summed E-state index contributed by atoms with van der Waals surface area (Å²) in [5, 5.41) is 10.4. The first-order valence-corrected chi connectivity index (χ1v) is 3.88. The highest BCUT2D eigenvalue weighted by Crippen LogP contribution is 2.13. The summed E-state index contributed by atoms with van der Waals surface area (Å²) in [4.78, 5) is 20.4. The standard InChI is InChI=1S/C7H7N5O2/c1-5-10-7(12(13)14)3-11(5)6-2-8-4-9-6/h2-4H,1H3,(H,8,9). The van der Waals surface area contributed by atoms with Gasteiger partial charge in [-0.3, -0.25) is 4.57 Å². The smallest absolute Gasteiger partial charge is 0.358 e. The largest absolute Gasteiger partial charge is 0.382 e. The molecule has 72 valence electrons. The average molecular weight is 193 g/mol. The molecule has 0 saturated carbocycles. The number of imidazole rings is 2. The normalized spacial score (nSPS) is 10.4. The van der Waals surface area contributed by atoms with Crippen molar-refractivity contribution in [2.24, 2.45) is 0 Å². The van der Waals surface area contributed by atoms with E-state index in [0.29, 0.717) is 11.6 Å². The van der Waals surface area contributed by atoms with Gasteiger partial charge >= 0.3 is 5.82 Å². The number of hydrogen-bond acceptors (Lipinski definition) is 4. The van der Waals surface area contributed by atoms with E-state index in [4.69, 9.17) is 0 Å². The molecule has 2 rings (SSSR count). The third kappa shape index (κ3) is 1.24. The number of hydrogen-bond donors (Lipinski definition) is 1. The molecule has 0 saturated heterocycles. The van der Waals surface area contributed by atoms with Crippen LogP contribution in [0, 0.1) is 17.0 Å². The van der Waals surface area contributed by atoms with Gasteiger partial charge in [0, 0.05) is 13.1 Å². The van der Waals surface area contributed by atoms with Crippen LogP contribution in [0.1, 0.15) is 5.82 Å². The van der Waals surface area contributed by atoms with E-state index in [0.717, 1.165) is 0 Å². The van der Waals surface area contributed by atoms with Crippen LogP contribution in [0.3, 0.4) is 0 Å². The topological polar surface area (TPSA) is 89.6 Å². The van der Waals surface area contributed by atoms with Crippen molar-refractivity contribution in [2.45, 2.75) is 6.92 Å². The van der Waals surface area contributed by atoms with Crippen LogP contribution in [-0.2, 0) is 0 Å². The zero-order chi connectivity index (χ0) is 10.1. The Kier molecular flexibility index (Phi) is 1.77. The highest BCUT2D eigenvalue weighted by molar-refractivity contribution is 5.27. The maximum absolute atomic E-state index is 10.4. The lowest BCUT2D eigenvalue weighted by Gasteiger charge is -1.93. The lowest BCUT2D eigenvalue weighted by molar-refractivity contribution is -0.389. The van der Waals surface area contributed by atoms with Crippen molar-refractivity contribution in [3.63, 3.8) is 0 Å². The molecule has 0 aliphatic rings. The molecule has 0 fully saturated rings. The van der Waals surface area contributed by atoms with E-state index in [9.17, 15) is 10.1 Å². The first-order valence-electron chi connectivity index (χ1n) is 3.88. The lowest BCUT2D eigenvalue weighted by atomic mass is 10.6. The summed E-state index contributed by atoms with van der Waals surface area (Å²) in [6.45, 7) is 1.68. The molecule has 1 N–H and O–H groups in total. The summed E-state index contributed by atoms with van der Waals surface area (Å²) < 4.78 is 1.55. The fourth-order valence-electron chi connectivity index (χ4n) is 1.16. The zero-order valence-electron chi connectivity index (χ0n) is 7.34. The Bertz CT molecular complexity index is 458. The summed E-state index contributed by atoms with van der Waals surface area (Å²) in [7, 11) is 0. The van der Waals surface area contributed by atoms with Gasteiger partial charge in [0.1, 0.15) is 6.20 Å². The Labute approximate surface area is 78.6 Å². The predicted octanol–water partition coefficient (Wildman–Crippen LogP) is 0.812. The Balaban J connectivity index is 2.50. The summed E-state index contributed by atoms with van der Waals surface area (Å²) in [5.74, 6) is 0.942. The molecule has 14 heavy (non-hydrogen) atoms. The van der Waals surface area contributed by atoms with Crippen molar-refractivity contribution in [3.8, 4) is 5.82 Å². The summed E-state index contributed by atoms with van der Waals surface area (Å²) >= 11 is 0. The van der Waals surface area contributed by atoms with E-state index in [2.05, 4.69) is 15.0 Å². The van der Waals surface area contributed by atoms with Crippen LogP contribution >= 0.6 is 0 Å². The van der Waals surface area contributed by atoms with Crippen LogP contribution < -0.4 is 0 Å². The summed E-state index contributed by atoms with van der Waals surface area (Å²) in [5.41, 5.74) is 0. The number of rotatable bonds is 2. The third-order valence-corrected chi connectivity index (χ3v) is 1.79. The Morgan fingerprint density at radius 3 is 2.93 bits per heavy atom. The van der Waals surface area contributed by atoms with Gasteiger partial charge in [-0.15, -0.1) is 0 Å². The van der Waals surface area contributed by atoms with Crippen LogP contribution in [0.25, 0.3) is 5.82 Å². The van der Waals surface area contributed by atoms with Gasteiger partial charge in [0.2, 0.25) is 5.82 Å². The number of aromatic amines is 1. The number of nitrogens with one attached hydrogen (secondary N) is 1. The van der Waals surface area contributed by atoms with E-state index < -0.39 is 4.92 Å². The van der Waals surface area contributed by atoms with Gasteiger partial charge in [-0.2, -0.15) is 0 Å². The molecule has 2 aromatic heterocycles. The monoisotopic (exact) mass is 193 g/mol. The van der Waals surface area contributed by atoms with Gasteiger partial charge in [0.25, 0.3) is 0 Å². The quantitative estimate of drug-likeness (QED) is 0.564. The molecule has 0 bridgehead atoms. The SMILES string of the molecule is Cc1nc([N+](=O)[O-])cn1-c1c[nH]cn1. The van der Waals surface area contributed by atoms with Crippen LogP contribution in [0.4, 0.5) is 5.82 Å². The Morgan fingerprint density at radius 2 is 2.43 bits per heavy atom. The number of nitro groups is 1. The summed E-state index contributed by atoms with van der Waals surface area (Å²) in [6.07, 6.45) is 4.48. The highest BCUT2D eigenvalue weighted by atomic mass is 16.6.